The van der Waals surface area contributed by atoms with Crippen molar-refractivity contribution in [3.8, 4) is 0 Å². The highest BCUT2D eigenvalue weighted by Crippen LogP contribution is 2.15. The van der Waals surface area contributed by atoms with Crippen molar-refractivity contribution in [1.82, 2.24) is 5.32 Å². The molecule has 0 spiro atoms. The maximum absolute atomic E-state index is 5.65. The average molecular weight is 271 g/mol. The van der Waals surface area contributed by atoms with Crippen molar-refractivity contribution in [2.75, 3.05) is 13.7 Å². The molecule has 0 radical (unpaired) electrons. The van der Waals surface area contributed by atoms with Crippen LogP contribution in [0, 0.1) is 6.92 Å². The van der Waals surface area contributed by atoms with Gasteiger partial charge in [0.2, 0.25) is 0 Å². The Hall–Kier alpha value is -1.84. The Kier molecular flexibility index (Phi) is 5.59. The summed E-state index contributed by atoms with van der Waals surface area (Å²) in [5.74, 6) is 1.88. The summed E-state index contributed by atoms with van der Waals surface area (Å²) in [7, 11) is 1.91. The van der Waals surface area contributed by atoms with E-state index in [1.54, 1.807) is 0 Å². The molecule has 0 aliphatic heterocycles. The van der Waals surface area contributed by atoms with Crippen LogP contribution < -0.4 is 5.32 Å². The fourth-order valence-corrected chi connectivity index (χ4v) is 1.98. The van der Waals surface area contributed by atoms with E-state index in [0.717, 1.165) is 23.6 Å². The minimum absolute atomic E-state index is 0.582. The monoisotopic (exact) mass is 271 g/mol. The van der Waals surface area contributed by atoms with Crippen LogP contribution in [0.1, 0.15) is 22.6 Å². The van der Waals surface area contributed by atoms with E-state index >= 15 is 0 Å². The molecule has 1 N–H and O–H groups in total. The lowest BCUT2D eigenvalue weighted by Crippen LogP contribution is -2.03. The number of aryl methyl sites for hydroxylation is 1. The molecule has 1 heterocycles. The molecular weight excluding hydrogens is 250 g/mol. The molecule has 0 amide bonds. The van der Waals surface area contributed by atoms with E-state index in [2.05, 4.69) is 23.5 Å². The summed E-state index contributed by atoms with van der Waals surface area (Å²) in [4.78, 5) is 0. The first-order valence-corrected chi connectivity index (χ1v) is 6.81. The van der Waals surface area contributed by atoms with Crippen LogP contribution in [0.3, 0.4) is 0 Å². The fourth-order valence-electron chi connectivity index (χ4n) is 1.98. The fraction of sp³-hybridized carbons (Fsp3) is 0.294. The number of hydrogen-bond acceptors (Lipinski definition) is 3. The van der Waals surface area contributed by atoms with E-state index in [-0.39, 0.29) is 0 Å². The number of hydrogen-bond donors (Lipinski definition) is 1. The lowest BCUT2D eigenvalue weighted by molar-refractivity contribution is 0.148. The summed E-state index contributed by atoms with van der Waals surface area (Å²) in [6, 6.07) is 12.3. The normalized spacial score (nSPS) is 11.3. The summed E-state index contributed by atoms with van der Waals surface area (Å²) >= 11 is 0. The van der Waals surface area contributed by atoms with Gasteiger partial charge < -0.3 is 14.5 Å². The van der Waals surface area contributed by atoms with Gasteiger partial charge in [-0.25, -0.2) is 0 Å². The van der Waals surface area contributed by atoms with Crippen LogP contribution >= 0.6 is 0 Å². The first-order valence-electron chi connectivity index (χ1n) is 6.81. The smallest absolute Gasteiger partial charge is 0.118 e. The zero-order valence-corrected chi connectivity index (χ0v) is 12.1. The predicted molar refractivity (Wildman–Crippen MR) is 81.3 cm³/mol. The average Bonchev–Trinajstić information content (AvgIpc) is 2.80. The van der Waals surface area contributed by atoms with Crippen molar-refractivity contribution in [3.05, 3.63) is 65.1 Å². The van der Waals surface area contributed by atoms with Crippen molar-refractivity contribution < 1.29 is 9.15 Å². The van der Waals surface area contributed by atoms with Crippen molar-refractivity contribution in [1.29, 1.82) is 0 Å². The van der Waals surface area contributed by atoms with Crippen LogP contribution in [0.2, 0.25) is 0 Å². The topological polar surface area (TPSA) is 34.4 Å². The summed E-state index contributed by atoms with van der Waals surface area (Å²) in [5, 5.41) is 3.07. The predicted octanol–water partition coefficient (Wildman–Crippen LogP) is 3.54. The van der Waals surface area contributed by atoms with E-state index in [1.165, 1.54) is 5.56 Å². The van der Waals surface area contributed by atoms with E-state index in [4.69, 9.17) is 9.15 Å². The van der Waals surface area contributed by atoms with Crippen molar-refractivity contribution in [2.24, 2.45) is 0 Å². The summed E-state index contributed by atoms with van der Waals surface area (Å²) in [5.41, 5.74) is 2.30. The van der Waals surface area contributed by atoms with Crippen LogP contribution in [0.4, 0.5) is 0 Å². The standard InChI is InChI=1S/C17H21NO2/c1-14-16(11-17(20-14)12-18-2)13-19-10-6-9-15-7-4-3-5-8-15/h3-9,11,18H,10,12-13H2,1-2H3. The van der Waals surface area contributed by atoms with Gasteiger partial charge in [0.15, 0.2) is 0 Å². The van der Waals surface area contributed by atoms with Crippen LogP contribution in [-0.4, -0.2) is 13.7 Å². The number of rotatable bonds is 7. The first kappa shape index (κ1) is 14.6. The van der Waals surface area contributed by atoms with Gasteiger partial charge in [0.1, 0.15) is 11.5 Å². The Bertz CT molecular complexity index is 543. The van der Waals surface area contributed by atoms with E-state index in [9.17, 15) is 0 Å². The molecule has 2 aromatic rings. The molecule has 1 aromatic heterocycles. The third kappa shape index (κ3) is 4.37. The number of furan rings is 1. The molecule has 1 aromatic carbocycles. The largest absolute Gasteiger partial charge is 0.465 e. The van der Waals surface area contributed by atoms with Gasteiger partial charge in [0.25, 0.3) is 0 Å². The molecule has 20 heavy (non-hydrogen) atoms. The molecule has 3 nitrogen and oxygen atoms in total. The quantitative estimate of drug-likeness (QED) is 0.782. The zero-order chi connectivity index (χ0) is 14.2. The molecule has 0 fully saturated rings. The Labute approximate surface area is 120 Å². The van der Waals surface area contributed by atoms with Gasteiger partial charge in [-0.2, -0.15) is 0 Å². The van der Waals surface area contributed by atoms with Crippen LogP contribution in [0.15, 0.2) is 46.9 Å². The van der Waals surface area contributed by atoms with Crippen LogP contribution in [0.25, 0.3) is 6.08 Å². The molecule has 0 saturated carbocycles. The lowest BCUT2D eigenvalue weighted by atomic mass is 10.2. The van der Waals surface area contributed by atoms with E-state index in [1.807, 2.05) is 44.3 Å². The SMILES string of the molecule is CNCc1cc(COCC=Cc2ccccc2)c(C)o1. The van der Waals surface area contributed by atoms with Gasteiger partial charge >= 0.3 is 0 Å². The van der Waals surface area contributed by atoms with Gasteiger partial charge in [0, 0.05) is 5.56 Å². The maximum atomic E-state index is 5.65. The summed E-state index contributed by atoms with van der Waals surface area (Å²) in [6.07, 6.45) is 4.09. The van der Waals surface area contributed by atoms with E-state index < -0.39 is 0 Å². The maximum Gasteiger partial charge on any atom is 0.118 e. The highest BCUT2D eigenvalue weighted by molar-refractivity contribution is 5.48. The summed E-state index contributed by atoms with van der Waals surface area (Å²) in [6.45, 7) is 3.89. The molecule has 0 bridgehead atoms. The second kappa shape index (κ2) is 7.68. The Morgan fingerprint density at radius 1 is 1.25 bits per heavy atom. The molecule has 0 aliphatic rings. The van der Waals surface area contributed by atoms with Crippen molar-refractivity contribution >= 4 is 6.08 Å². The second-order valence-corrected chi connectivity index (χ2v) is 4.65. The van der Waals surface area contributed by atoms with E-state index in [0.29, 0.717) is 13.2 Å². The van der Waals surface area contributed by atoms with Gasteiger partial charge in [0.05, 0.1) is 19.8 Å². The van der Waals surface area contributed by atoms with Crippen molar-refractivity contribution in [2.45, 2.75) is 20.1 Å². The second-order valence-electron chi connectivity index (χ2n) is 4.65. The van der Waals surface area contributed by atoms with Crippen molar-refractivity contribution in [3.63, 3.8) is 0 Å². The van der Waals surface area contributed by atoms with Gasteiger partial charge in [-0.1, -0.05) is 42.5 Å². The minimum atomic E-state index is 0.582. The third-order valence-electron chi connectivity index (χ3n) is 3.00. The molecule has 2 rings (SSSR count). The third-order valence-corrected chi connectivity index (χ3v) is 3.00. The Morgan fingerprint density at radius 3 is 2.80 bits per heavy atom. The van der Waals surface area contributed by atoms with Crippen LogP contribution in [-0.2, 0) is 17.9 Å². The highest BCUT2D eigenvalue weighted by atomic mass is 16.5. The summed E-state index contributed by atoms with van der Waals surface area (Å²) < 4.78 is 11.3. The molecule has 0 saturated heterocycles. The number of nitrogens with one attached hydrogen (secondary N) is 1. The molecule has 0 atom stereocenters. The van der Waals surface area contributed by atoms with Gasteiger partial charge in [-0.15, -0.1) is 0 Å². The Morgan fingerprint density at radius 2 is 2.05 bits per heavy atom. The number of benzene rings is 1. The molecule has 0 unspecified atom stereocenters. The molecule has 0 aliphatic carbocycles. The number of ether oxygens (including phenoxy) is 1. The first-order chi connectivity index (χ1) is 9.79. The molecule has 3 heteroatoms. The van der Waals surface area contributed by atoms with Gasteiger partial charge in [-0.3, -0.25) is 0 Å². The van der Waals surface area contributed by atoms with Gasteiger partial charge in [-0.05, 0) is 25.6 Å². The molecule has 106 valence electrons. The van der Waals surface area contributed by atoms with Crippen LogP contribution in [0.5, 0.6) is 0 Å². The lowest BCUT2D eigenvalue weighted by Gasteiger charge is -1.99. The zero-order valence-electron chi connectivity index (χ0n) is 12.1. The Balaban J connectivity index is 1.77. The minimum Gasteiger partial charge on any atom is -0.465 e. The highest BCUT2D eigenvalue weighted by Gasteiger charge is 2.06. The molecular formula is C17H21NO2.